The van der Waals surface area contributed by atoms with E-state index in [0.717, 1.165) is 11.8 Å². The Balaban J connectivity index is 2.22. The second kappa shape index (κ2) is 7.66. The maximum atomic E-state index is 5.71. The second-order valence-corrected chi connectivity index (χ2v) is 4.12. The highest BCUT2D eigenvalue weighted by Crippen LogP contribution is 2.06. The summed E-state index contributed by atoms with van der Waals surface area (Å²) in [5.74, 6) is 0. The Kier molecular flexibility index (Phi) is 6.37. The molecule has 1 nitrogen and oxygen atoms in total. The fourth-order valence-electron chi connectivity index (χ4n) is 1.23. The molecule has 0 N–H and O–H groups in total. The minimum Gasteiger partial charge on any atom is -0.374 e. The van der Waals surface area contributed by atoms with Crippen LogP contribution in [-0.2, 0) is 11.3 Å². The highest BCUT2D eigenvalue weighted by Gasteiger charge is 1.99. The van der Waals surface area contributed by atoms with Gasteiger partial charge in [-0.1, -0.05) is 58.4 Å². The molecule has 82 valence electrons. The molecule has 0 amide bonds. The Morgan fingerprint density at radius 1 is 1.27 bits per heavy atom. The maximum absolute atomic E-state index is 5.71. The van der Waals surface area contributed by atoms with Gasteiger partial charge < -0.3 is 4.74 Å². The molecule has 0 saturated carbocycles. The Morgan fingerprint density at radius 2 is 2.00 bits per heavy atom. The number of ether oxygens (including phenoxy) is 1. The van der Waals surface area contributed by atoms with Gasteiger partial charge >= 0.3 is 0 Å². The predicted octanol–water partition coefficient (Wildman–Crippen LogP) is 3.93. The molecule has 0 heterocycles. The summed E-state index contributed by atoms with van der Waals surface area (Å²) in [6.07, 6.45) is 5.49. The molecule has 0 spiro atoms. The van der Waals surface area contributed by atoms with Crippen LogP contribution in [0.3, 0.4) is 0 Å². The van der Waals surface area contributed by atoms with Gasteiger partial charge in [0.1, 0.15) is 0 Å². The monoisotopic (exact) mass is 268 g/mol. The van der Waals surface area contributed by atoms with Crippen LogP contribution in [0.15, 0.2) is 42.5 Å². The van der Waals surface area contributed by atoms with Gasteiger partial charge in [-0.25, -0.2) is 0 Å². The third-order valence-corrected chi connectivity index (χ3v) is 2.47. The van der Waals surface area contributed by atoms with Gasteiger partial charge in [0, 0.05) is 5.33 Å². The minimum absolute atomic E-state index is 0.278. The highest BCUT2D eigenvalue weighted by molar-refractivity contribution is 9.09. The average Bonchev–Trinajstić information content (AvgIpc) is 2.28. The number of allylic oxidation sites excluding steroid dienone is 1. The van der Waals surface area contributed by atoms with Gasteiger partial charge in [-0.05, 0) is 18.9 Å². The quantitative estimate of drug-likeness (QED) is 0.561. The van der Waals surface area contributed by atoms with E-state index in [9.17, 15) is 0 Å². The van der Waals surface area contributed by atoms with Gasteiger partial charge in [-0.15, -0.1) is 0 Å². The lowest BCUT2D eigenvalue weighted by Gasteiger charge is -2.10. The normalized spacial score (nSPS) is 13.2. The molecule has 0 aliphatic heterocycles. The van der Waals surface area contributed by atoms with Crippen molar-refractivity contribution in [2.75, 3.05) is 5.33 Å². The third-order valence-electron chi connectivity index (χ3n) is 2.10. The van der Waals surface area contributed by atoms with Gasteiger partial charge in [-0.2, -0.15) is 0 Å². The predicted molar refractivity (Wildman–Crippen MR) is 68.2 cm³/mol. The molecular weight excluding hydrogens is 252 g/mol. The smallest absolute Gasteiger partial charge is 0.0720 e. The van der Waals surface area contributed by atoms with Gasteiger partial charge in [0.15, 0.2) is 0 Å². The summed E-state index contributed by atoms with van der Waals surface area (Å²) in [4.78, 5) is 0. The zero-order valence-electron chi connectivity index (χ0n) is 9.03. The number of halogens is 1. The van der Waals surface area contributed by atoms with E-state index >= 15 is 0 Å². The van der Waals surface area contributed by atoms with Crippen molar-refractivity contribution in [2.24, 2.45) is 0 Å². The molecule has 0 aliphatic carbocycles. The SMILES string of the molecule is C[C@H](C/C=C/CBr)OCc1ccccc1. The first kappa shape index (κ1) is 12.5. The maximum Gasteiger partial charge on any atom is 0.0720 e. The first-order valence-electron chi connectivity index (χ1n) is 5.19. The van der Waals surface area contributed by atoms with Crippen LogP contribution in [0.25, 0.3) is 0 Å². The first-order chi connectivity index (χ1) is 7.33. The molecule has 1 rings (SSSR count). The first-order valence-corrected chi connectivity index (χ1v) is 6.31. The van der Waals surface area contributed by atoms with Crippen molar-refractivity contribution in [3.63, 3.8) is 0 Å². The molecule has 0 fully saturated rings. The molecule has 1 aromatic carbocycles. The van der Waals surface area contributed by atoms with Gasteiger partial charge in [0.2, 0.25) is 0 Å². The standard InChI is InChI=1S/C13H17BrO/c1-12(7-5-6-10-14)15-11-13-8-3-2-4-9-13/h2-6,8-9,12H,7,10-11H2,1H3/b6-5+/t12-/m1/s1. The fraction of sp³-hybridized carbons (Fsp3) is 0.385. The van der Waals surface area contributed by atoms with Crippen molar-refractivity contribution in [3.8, 4) is 0 Å². The van der Waals surface area contributed by atoms with Crippen molar-refractivity contribution in [1.29, 1.82) is 0 Å². The lowest BCUT2D eigenvalue weighted by atomic mass is 10.2. The molecule has 1 aromatic rings. The van der Waals surface area contributed by atoms with E-state index in [2.05, 4.69) is 47.1 Å². The zero-order valence-corrected chi connectivity index (χ0v) is 10.6. The number of rotatable bonds is 6. The van der Waals surface area contributed by atoms with Crippen LogP contribution in [0.5, 0.6) is 0 Å². The molecular formula is C13H17BrO. The number of hydrogen-bond donors (Lipinski definition) is 0. The minimum atomic E-state index is 0.278. The van der Waals surface area contributed by atoms with Crippen LogP contribution < -0.4 is 0 Å². The lowest BCUT2D eigenvalue weighted by Crippen LogP contribution is -2.06. The molecule has 0 aliphatic rings. The summed E-state index contributed by atoms with van der Waals surface area (Å²) in [5, 5.41) is 0.915. The van der Waals surface area contributed by atoms with Crippen LogP contribution in [-0.4, -0.2) is 11.4 Å². The van der Waals surface area contributed by atoms with Crippen LogP contribution in [0.1, 0.15) is 18.9 Å². The van der Waals surface area contributed by atoms with Crippen LogP contribution in [0.2, 0.25) is 0 Å². The number of benzene rings is 1. The van der Waals surface area contributed by atoms with E-state index in [1.165, 1.54) is 5.56 Å². The van der Waals surface area contributed by atoms with Crippen LogP contribution in [0.4, 0.5) is 0 Å². The Labute approximate surface area is 100 Å². The topological polar surface area (TPSA) is 9.23 Å². The molecule has 0 radical (unpaired) electrons. The Morgan fingerprint density at radius 3 is 2.67 bits per heavy atom. The molecule has 0 aromatic heterocycles. The van der Waals surface area contributed by atoms with E-state index in [1.54, 1.807) is 0 Å². The number of alkyl halides is 1. The third kappa shape index (κ3) is 5.75. The van der Waals surface area contributed by atoms with Gasteiger partial charge in [0.05, 0.1) is 12.7 Å². The summed E-state index contributed by atoms with van der Waals surface area (Å²) >= 11 is 3.35. The van der Waals surface area contributed by atoms with Gasteiger partial charge in [0.25, 0.3) is 0 Å². The van der Waals surface area contributed by atoms with Crippen molar-refractivity contribution >= 4 is 15.9 Å². The van der Waals surface area contributed by atoms with E-state index in [4.69, 9.17) is 4.74 Å². The summed E-state index contributed by atoms with van der Waals surface area (Å²) in [7, 11) is 0. The fourth-order valence-corrected chi connectivity index (χ4v) is 1.50. The zero-order chi connectivity index (χ0) is 10.9. The second-order valence-electron chi connectivity index (χ2n) is 3.47. The van der Waals surface area contributed by atoms with Crippen LogP contribution in [0, 0.1) is 0 Å². The summed E-state index contributed by atoms with van der Waals surface area (Å²) < 4.78 is 5.71. The lowest BCUT2D eigenvalue weighted by molar-refractivity contribution is 0.0552. The average molecular weight is 269 g/mol. The summed E-state index contributed by atoms with van der Waals surface area (Å²) in [5.41, 5.74) is 1.23. The van der Waals surface area contributed by atoms with E-state index < -0.39 is 0 Å². The molecule has 1 atom stereocenters. The summed E-state index contributed by atoms with van der Waals surface area (Å²) in [6.45, 7) is 2.80. The molecule has 0 bridgehead atoms. The van der Waals surface area contributed by atoms with Gasteiger partial charge in [-0.3, -0.25) is 0 Å². The number of hydrogen-bond acceptors (Lipinski definition) is 1. The summed E-state index contributed by atoms with van der Waals surface area (Å²) in [6, 6.07) is 10.3. The highest BCUT2D eigenvalue weighted by atomic mass is 79.9. The van der Waals surface area contributed by atoms with E-state index in [0.29, 0.717) is 6.61 Å². The van der Waals surface area contributed by atoms with E-state index in [-0.39, 0.29) is 6.10 Å². The van der Waals surface area contributed by atoms with E-state index in [1.807, 2.05) is 18.2 Å². The Hall–Kier alpha value is -0.600. The van der Waals surface area contributed by atoms with Crippen molar-refractivity contribution in [1.82, 2.24) is 0 Å². The Bertz CT molecular complexity index is 282. The largest absolute Gasteiger partial charge is 0.374 e. The van der Waals surface area contributed by atoms with Crippen molar-refractivity contribution < 1.29 is 4.74 Å². The molecule has 0 unspecified atom stereocenters. The molecule has 0 saturated heterocycles. The van der Waals surface area contributed by atoms with Crippen molar-refractivity contribution in [3.05, 3.63) is 48.0 Å². The molecule has 2 heteroatoms. The van der Waals surface area contributed by atoms with Crippen molar-refractivity contribution in [2.45, 2.75) is 26.1 Å². The van der Waals surface area contributed by atoms with Crippen LogP contribution >= 0.6 is 15.9 Å². The molecule has 15 heavy (non-hydrogen) atoms.